The SMILES string of the molecule is NCC1(NC(=O)c2ccc3ncccc3c2)CCOCC1. The zero-order chi connectivity index (χ0) is 14.7. The summed E-state index contributed by atoms with van der Waals surface area (Å²) in [6.07, 6.45) is 3.25. The standard InChI is InChI=1S/C16H19N3O2/c17-11-16(5-8-21-9-6-16)19-15(20)13-3-4-14-12(10-13)2-1-7-18-14/h1-4,7,10H,5-6,8-9,11,17H2,(H,19,20). The predicted molar refractivity (Wildman–Crippen MR) is 81.0 cm³/mol. The molecule has 21 heavy (non-hydrogen) atoms. The fourth-order valence-electron chi connectivity index (χ4n) is 2.67. The monoisotopic (exact) mass is 285 g/mol. The molecule has 1 aromatic heterocycles. The zero-order valence-electron chi connectivity index (χ0n) is 11.8. The van der Waals surface area contributed by atoms with E-state index in [4.69, 9.17) is 10.5 Å². The Kier molecular flexibility index (Phi) is 3.86. The molecule has 0 radical (unpaired) electrons. The number of rotatable bonds is 3. The molecule has 2 heterocycles. The second-order valence-corrected chi connectivity index (χ2v) is 5.46. The van der Waals surface area contributed by atoms with E-state index in [1.807, 2.05) is 24.3 Å². The van der Waals surface area contributed by atoms with E-state index in [0.717, 1.165) is 23.7 Å². The van der Waals surface area contributed by atoms with Crippen molar-refractivity contribution >= 4 is 16.8 Å². The largest absolute Gasteiger partial charge is 0.381 e. The van der Waals surface area contributed by atoms with E-state index in [9.17, 15) is 4.79 Å². The first-order valence-electron chi connectivity index (χ1n) is 7.18. The number of nitrogens with one attached hydrogen (secondary N) is 1. The van der Waals surface area contributed by atoms with Gasteiger partial charge in [0.15, 0.2) is 0 Å². The molecule has 1 saturated heterocycles. The van der Waals surface area contributed by atoms with Crippen molar-refractivity contribution in [2.45, 2.75) is 18.4 Å². The lowest BCUT2D eigenvalue weighted by Crippen LogP contribution is -2.56. The Hall–Kier alpha value is -1.98. The molecule has 1 fully saturated rings. The number of carbonyl (C=O) groups excluding carboxylic acids is 1. The van der Waals surface area contributed by atoms with E-state index in [-0.39, 0.29) is 11.4 Å². The van der Waals surface area contributed by atoms with Gasteiger partial charge in [-0.1, -0.05) is 6.07 Å². The van der Waals surface area contributed by atoms with Gasteiger partial charge >= 0.3 is 0 Å². The van der Waals surface area contributed by atoms with E-state index in [1.165, 1.54) is 0 Å². The molecule has 0 bridgehead atoms. The summed E-state index contributed by atoms with van der Waals surface area (Å²) in [5, 5.41) is 4.06. The molecule has 0 spiro atoms. The Balaban J connectivity index is 1.82. The quantitative estimate of drug-likeness (QED) is 0.895. The van der Waals surface area contributed by atoms with Gasteiger partial charge in [-0.2, -0.15) is 0 Å². The highest BCUT2D eigenvalue weighted by atomic mass is 16.5. The van der Waals surface area contributed by atoms with Crippen LogP contribution in [0.3, 0.4) is 0 Å². The second kappa shape index (κ2) is 5.79. The number of nitrogens with two attached hydrogens (primary N) is 1. The molecule has 5 heteroatoms. The molecule has 0 saturated carbocycles. The molecule has 1 aliphatic heterocycles. The van der Waals surface area contributed by atoms with Crippen molar-refractivity contribution in [3.05, 3.63) is 42.1 Å². The minimum absolute atomic E-state index is 0.0897. The summed E-state index contributed by atoms with van der Waals surface area (Å²) in [6.45, 7) is 1.70. The molecule has 0 unspecified atom stereocenters. The van der Waals surface area contributed by atoms with Gasteiger partial charge in [0.25, 0.3) is 5.91 Å². The number of fused-ring (bicyclic) bond motifs is 1. The van der Waals surface area contributed by atoms with Crippen molar-refractivity contribution in [3.63, 3.8) is 0 Å². The zero-order valence-corrected chi connectivity index (χ0v) is 11.8. The Morgan fingerprint density at radius 3 is 2.90 bits per heavy atom. The van der Waals surface area contributed by atoms with Gasteiger partial charge in [-0.25, -0.2) is 0 Å². The fourth-order valence-corrected chi connectivity index (χ4v) is 2.67. The molecule has 3 rings (SSSR count). The lowest BCUT2D eigenvalue weighted by Gasteiger charge is -2.37. The highest BCUT2D eigenvalue weighted by Crippen LogP contribution is 2.21. The summed E-state index contributed by atoms with van der Waals surface area (Å²) < 4.78 is 5.36. The number of amides is 1. The van der Waals surface area contributed by atoms with Crippen LogP contribution in [0.4, 0.5) is 0 Å². The molecule has 1 aromatic carbocycles. The summed E-state index contributed by atoms with van der Waals surface area (Å²) in [4.78, 5) is 16.8. The topological polar surface area (TPSA) is 77.2 Å². The molecular weight excluding hydrogens is 266 g/mol. The fraction of sp³-hybridized carbons (Fsp3) is 0.375. The lowest BCUT2D eigenvalue weighted by molar-refractivity contribution is 0.0388. The number of carbonyl (C=O) groups is 1. The van der Waals surface area contributed by atoms with Gasteiger partial charge in [0.1, 0.15) is 0 Å². The van der Waals surface area contributed by atoms with Crippen LogP contribution in [0, 0.1) is 0 Å². The number of hydrogen-bond acceptors (Lipinski definition) is 4. The van der Waals surface area contributed by atoms with Crippen LogP contribution in [0.15, 0.2) is 36.5 Å². The summed E-state index contributed by atoms with van der Waals surface area (Å²) in [5.74, 6) is -0.0897. The maximum atomic E-state index is 12.5. The Bertz CT molecular complexity index is 651. The number of nitrogens with zero attached hydrogens (tertiary/aromatic N) is 1. The van der Waals surface area contributed by atoms with Crippen LogP contribution in [0.1, 0.15) is 23.2 Å². The molecule has 110 valence electrons. The van der Waals surface area contributed by atoms with Gasteiger partial charge in [-0.05, 0) is 37.1 Å². The van der Waals surface area contributed by atoms with Gasteiger partial charge < -0.3 is 15.8 Å². The van der Waals surface area contributed by atoms with Gasteiger partial charge in [0.05, 0.1) is 11.1 Å². The Morgan fingerprint density at radius 1 is 1.33 bits per heavy atom. The first kappa shape index (κ1) is 14.0. The van der Waals surface area contributed by atoms with Crippen molar-refractivity contribution in [1.29, 1.82) is 0 Å². The van der Waals surface area contributed by atoms with Crippen LogP contribution in [-0.2, 0) is 4.74 Å². The third-order valence-corrected chi connectivity index (χ3v) is 4.08. The van der Waals surface area contributed by atoms with Crippen molar-refractivity contribution in [2.75, 3.05) is 19.8 Å². The van der Waals surface area contributed by atoms with E-state index in [1.54, 1.807) is 12.3 Å². The normalized spacial score (nSPS) is 17.6. The Labute approximate surface area is 123 Å². The van der Waals surface area contributed by atoms with Crippen LogP contribution in [0.25, 0.3) is 10.9 Å². The molecule has 0 atom stereocenters. The average molecular weight is 285 g/mol. The molecule has 1 aliphatic rings. The summed E-state index contributed by atoms with van der Waals surface area (Å²) in [5.41, 5.74) is 7.04. The van der Waals surface area contributed by atoms with Crippen LogP contribution in [0.5, 0.6) is 0 Å². The highest BCUT2D eigenvalue weighted by molar-refractivity contribution is 5.98. The minimum Gasteiger partial charge on any atom is -0.381 e. The molecular formula is C16H19N3O2. The number of pyridine rings is 1. The van der Waals surface area contributed by atoms with E-state index in [0.29, 0.717) is 25.3 Å². The predicted octanol–water partition coefficient (Wildman–Crippen LogP) is 1.47. The number of hydrogen-bond donors (Lipinski definition) is 2. The van der Waals surface area contributed by atoms with Gasteiger partial charge in [0, 0.05) is 36.9 Å². The molecule has 5 nitrogen and oxygen atoms in total. The first-order chi connectivity index (χ1) is 10.2. The van der Waals surface area contributed by atoms with E-state index < -0.39 is 0 Å². The van der Waals surface area contributed by atoms with Gasteiger partial charge in [-0.15, -0.1) is 0 Å². The van der Waals surface area contributed by atoms with Gasteiger partial charge in [-0.3, -0.25) is 9.78 Å². The summed E-state index contributed by atoms with van der Waals surface area (Å²) in [7, 11) is 0. The third-order valence-electron chi connectivity index (χ3n) is 4.08. The second-order valence-electron chi connectivity index (χ2n) is 5.46. The van der Waals surface area contributed by atoms with Gasteiger partial charge in [0.2, 0.25) is 0 Å². The first-order valence-corrected chi connectivity index (χ1v) is 7.18. The number of aromatic nitrogens is 1. The molecule has 3 N–H and O–H groups in total. The van der Waals surface area contributed by atoms with Crippen molar-refractivity contribution in [1.82, 2.24) is 10.3 Å². The smallest absolute Gasteiger partial charge is 0.251 e. The van der Waals surface area contributed by atoms with Crippen LogP contribution in [0.2, 0.25) is 0 Å². The van der Waals surface area contributed by atoms with Crippen LogP contribution < -0.4 is 11.1 Å². The third kappa shape index (κ3) is 2.89. The van der Waals surface area contributed by atoms with Crippen molar-refractivity contribution in [2.24, 2.45) is 5.73 Å². The maximum Gasteiger partial charge on any atom is 0.251 e. The van der Waals surface area contributed by atoms with Crippen LogP contribution in [-0.4, -0.2) is 36.2 Å². The van der Waals surface area contributed by atoms with E-state index in [2.05, 4.69) is 10.3 Å². The molecule has 1 amide bonds. The summed E-state index contributed by atoms with van der Waals surface area (Å²) >= 11 is 0. The number of benzene rings is 1. The maximum absolute atomic E-state index is 12.5. The highest BCUT2D eigenvalue weighted by Gasteiger charge is 2.32. The number of ether oxygens (including phenoxy) is 1. The Morgan fingerprint density at radius 2 is 2.14 bits per heavy atom. The molecule has 0 aliphatic carbocycles. The van der Waals surface area contributed by atoms with Crippen molar-refractivity contribution < 1.29 is 9.53 Å². The average Bonchev–Trinajstić information content (AvgIpc) is 2.55. The lowest BCUT2D eigenvalue weighted by atomic mass is 9.89. The molecule has 2 aromatic rings. The van der Waals surface area contributed by atoms with Crippen molar-refractivity contribution in [3.8, 4) is 0 Å². The summed E-state index contributed by atoms with van der Waals surface area (Å²) in [6, 6.07) is 9.34. The minimum atomic E-state index is -0.348. The van der Waals surface area contributed by atoms with E-state index >= 15 is 0 Å². The van der Waals surface area contributed by atoms with Crippen LogP contribution >= 0.6 is 0 Å².